The SMILES string of the molecule is CCC.CCCI.CS(=O)(=O)Nc1cc([C@@H](O)CN(CCOc2ccc3c(c2)[nH]c2ccccc23)Cc2ccccc2)ccc1Cl.Nc1cc([C@@H](O)CN(CCOc2ccc3c(c2)[nH]c2ccccc23)Cc2ccccc2)ccc1Cl. The fraction of sp³-hybridized carbons (Fsp3) is 0.262. The average Bonchev–Trinajstić information content (AvgIpc) is 4.03. The van der Waals surface area contributed by atoms with Crippen molar-refractivity contribution in [2.75, 3.05) is 60.5 Å². The van der Waals surface area contributed by atoms with Gasteiger partial charge in [0.05, 0.1) is 50.9 Å². The van der Waals surface area contributed by atoms with Crippen molar-refractivity contribution in [1.82, 2.24) is 19.8 Å². The summed E-state index contributed by atoms with van der Waals surface area (Å²) in [6.07, 6.45) is 2.06. The van der Waals surface area contributed by atoms with Crippen molar-refractivity contribution in [1.29, 1.82) is 0 Å². The second kappa shape index (κ2) is 31.2. The molecular weight excluding hydrogens is 1190 g/mol. The number of rotatable bonds is 21. The minimum absolute atomic E-state index is 0.237. The van der Waals surface area contributed by atoms with Crippen LogP contribution < -0.4 is 19.9 Å². The number of aromatic nitrogens is 2. The van der Waals surface area contributed by atoms with Gasteiger partial charge in [-0.3, -0.25) is 14.5 Å². The summed E-state index contributed by atoms with van der Waals surface area (Å²) in [4.78, 5) is 11.2. The van der Waals surface area contributed by atoms with E-state index in [9.17, 15) is 18.6 Å². The van der Waals surface area contributed by atoms with Crippen LogP contribution in [-0.2, 0) is 23.1 Å². The Morgan fingerprint density at radius 1 is 0.568 bits per heavy atom. The average molecular weight is 1260 g/mol. The first-order chi connectivity index (χ1) is 39.1. The molecule has 0 radical (unpaired) electrons. The van der Waals surface area contributed by atoms with Crippen LogP contribution in [-0.4, -0.2) is 88.5 Å². The Labute approximate surface area is 500 Å². The zero-order valence-corrected chi connectivity index (χ0v) is 50.8. The highest BCUT2D eigenvalue weighted by molar-refractivity contribution is 14.1. The molecule has 0 unspecified atom stereocenters. The van der Waals surface area contributed by atoms with E-state index in [1.807, 2.05) is 103 Å². The lowest BCUT2D eigenvalue weighted by molar-refractivity contribution is 0.0984. The highest BCUT2D eigenvalue weighted by Crippen LogP contribution is 2.31. The molecule has 81 heavy (non-hydrogen) atoms. The first-order valence-corrected chi connectivity index (χ1v) is 31.4. The first kappa shape index (κ1) is 62.3. The molecule has 0 bridgehead atoms. The monoisotopic (exact) mass is 1260 g/mol. The fourth-order valence-corrected chi connectivity index (χ4v) is 9.99. The molecule has 7 N–H and O–H groups in total. The van der Waals surface area contributed by atoms with E-state index in [1.165, 1.54) is 39.0 Å². The lowest BCUT2D eigenvalue weighted by Crippen LogP contribution is -2.32. The second-order valence-electron chi connectivity index (χ2n) is 19.7. The molecule has 0 saturated heterocycles. The smallest absolute Gasteiger partial charge is 0.229 e. The number of hydrogen-bond acceptors (Lipinski definition) is 9. The molecule has 0 fully saturated rings. The van der Waals surface area contributed by atoms with Crippen molar-refractivity contribution in [3.63, 3.8) is 0 Å². The number of sulfonamides is 1. The molecule has 0 aliphatic carbocycles. The standard InChI is InChI=1S/C30H30ClN3O4S.C29H28ClN3O2.C3H7I.C3H8/c1-39(36,37)33-29-17-22(11-14-26(29)31)30(35)20-34(19-21-7-3-2-4-8-21)15-16-38-23-12-13-25-24-9-5-6-10-27(24)32-28(25)18-23;30-25-13-10-21(16-26(25)31)29(34)19-33(18-20-6-2-1-3-7-20)14-15-35-22-11-12-24-23-8-4-5-9-27(23)32-28(24)17-22;1-2-3-4;1-3-2/h2-14,17-18,30,32-33,35H,15-16,19-20H2,1H3;1-13,16-17,29,32,34H,14-15,18-19,31H2;2-3H2,1H3;3H2,1-2H3/t30-;29-;;/m00../s1. The molecule has 8 aromatic carbocycles. The van der Waals surface area contributed by atoms with Gasteiger partial charge in [-0.25, -0.2) is 8.42 Å². The Morgan fingerprint density at radius 3 is 1.41 bits per heavy atom. The van der Waals surface area contributed by atoms with Gasteiger partial charge >= 0.3 is 0 Å². The minimum atomic E-state index is -3.51. The number of hydrogen-bond donors (Lipinski definition) is 6. The number of fused-ring (bicyclic) bond motifs is 6. The summed E-state index contributed by atoms with van der Waals surface area (Å²) >= 11 is 14.6. The van der Waals surface area contributed by atoms with E-state index in [-0.39, 0.29) is 10.7 Å². The zero-order chi connectivity index (χ0) is 57.7. The largest absolute Gasteiger partial charge is 0.492 e. The van der Waals surface area contributed by atoms with Crippen molar-refractivity contribution in [3.8, 4) is 11.5 Å². The summed E-state index contributed by atoms with van der Waals surface area (Å²) < 4.78 is 39.4. The molecule has 0 aliphatic rings. The predicted octanol–water partition coefficient (Wildman–Crippen LogP) is 15.4. The van der Waals surface area contributed by atoms with Crippen LogP contribution in [0.3, 0.4) is 0 Å². The number of halogens is 3. The van der Waals surface area contributed by atoms with Crippen molar-refractivity contribution in [3.05, 3.63) is 214 Å². The molecule has 0 aliphatic heterocycles. The van der Waals surface area contributed by atoms with E-state index in [4.69, 9.17) is 38.4 Å². The summed E-state index contributed by atoms with van der Waals surface area (Å²) in [5.74, 6) is 1.58. The third kappa shape index (κ3) is 18.8. The van der Waals surface area contributed by atoms with Crippen LogP contribution in [0.25, 0.3) is 43.6 Å². The number of anilines is 2. The maximum Gasteiger partial charge on any atom is 0.229 e. The number of H-pyrrole nitrogens is 2. The number of para-hydroxylation sites is 2. The van der Waals surface area contributed by atoms with Crippen LogP contribution in [0.1, 0.15) is 68.1 Å². The number of aliphatic hydroxyl groups excluding tert-OH is 2. The Morgan fingerprint density at radius 2 is 0.975 bits per heavy atom. The third-order valence-electron chi connectivity index (χ3n) is 12.9. The third-order valence-corrected chi connectivity index (χ3v) is 15.3. The van der Waals surface area contributed by atoms with E-state index in [1.54, 1.807) is 30.3 Å². The zero-order valence-electron chi connectivity index (χ0n) is 46.3. The molecule has 0 saturated carbocycles. The fourth-order valence-electron chi connectivity index (χ4n) is 9.08. The number of benzene rings is 8. The van der Waals surface area contributed by atoms with Crippen LogP contribution in [0.2, 0.25) is 10.0 Å². The number of aliphatic hydroxyl groups is 2. The molecule has 16 heteroatoms. The minimum Gasteiger partial charge on any atom is -0.492 e. The van der Waals surface area contributed by atoms with Crippen molar-refractivity contribution >= 4 is 111 Å². The summed E-state index contributed by atoms with van der Waals surface area (Å²) in [5.41, 5.74) is 14.5. The molecule has 10 aromatic rings. The van der Waals surface area contributed by atoms with Crippen LogP contribution in [0.5, 0.6) is 11.5 Å². The Bertz CT molecular complexity index is 3660. The molecule has 2 atom stereocenters. The van der Waals surface area contributed by atoms with Gasteiger partial charge in [0.15, 0.2) is 0 Å². The number of nitrogen functional groups attached to an aromatic ring is 1. The van der Waals surface area contributed by atoms with E-state index < -0.39 is 22.2 Å². The molecule has 0 amide bonds. The number of nitrogens with zero attached hydrogens (tertiary/aromatic N) is 2. The molecule has 426 valence electrons. The number of nitrogens with two attached hydrogens (primary N) is 1. The van der Waals surface area contributed by atoms with Crippen LogP contribution in [0, 0.1) is 0 Å². The lowest BCUT2D eigenvalue weighted by atomic mass is 10.1. The molecule has 0 spiro atoms. The predicted molar refractivity (Wildman–Crippen MR) is 347 cm³/mol. The molecule has 12 nitrogen and oxygen atoms in total. The number of alkyl halides is 1. The number of nitrogens with one attached hydrogen (secondary N) is 3. The lowest BCUT2D eigenvalue weighted by Gasteiger charge is -2.26. The van der Waals surface area contributed by atoms with Gasteiger partial charge in [0, 0.05) is 84.0 Å². The van der Waals surface area contributed by atoms with Crippen molar-refractivity contribution in [2.45, 2.75) is 58.9 Å². The van der Waals surface area contributed by atoms with Crippen LogP contribution in [0.4, 0.5) is 11.4 Å². The Kier molecular flexibility index (Phi) is 24.0. The van der Waals surface area contributed by atoms with E-state index >= 15 is 0 Å². The van der Waals surface area contributed by atoms with E-state index in [0.29, 0.717) is 68.8 Å². The highest BCUT2D eigenvalue weighted by Gasteiger charge is 2.19. The number of aromatic amines is 2. The van der Waals surface area contributed by atoms with Gasteiger partial charge in [-0.05, 0) is 93.8 Å². The number of ether oxygens (including phenoxy) is 2. The highest BCUT2D eigenvalue weighted by atomic mass is 127. The second-order valence-corrected chi connectivity index (χ2v) is 23.4. The summed E-state index contributed by atoms with van der Waals surface area (Å²) in [5, 5.41) is 27.5. The summed E-state index contributed by atoms with van der Waals surface area (Å²) in [7, 11) is -3.51. The van der Waals surface area contributed by atoms with Crippen LogP contribution >= 0.6 is 45.8 Å². The van der Waals surface area contributed by atoms with Gasteiger partial charge in [0.1, 0.15) is 24.7 Å². The van der Waals surface area contributed by atoms with Gasteiger partial charge < -0.3 is 35.4 Å². The molecule has 2 heterocycles. The maximum absolute atomic E-state index is 11.7. The van der Waals surface area contributed by atoms with Crippen LogP contribution in [0.15, 0.2) is 182 Å². The van der Waals surface area contributed by atoms with Crippen molar-refractivity contribution in [2.24, 2.45) is 0 Å². The molecule has 2 aromatic heterocycles. The summed E-state index contributed by atoms with van der Waals surface area (Å²) in [6.45, 7) is 10.6. The van der Waals surface area contributed by atoms with Crippen molar-refractivity contribution < 1.29 is 28.1 Å². The molecule has 10 rings (SSSR count). The van der Waals surface area contributed by atoms with Gasteiger partial charge in [-0.15, -0.1) is 0 Å². The van der Waals surface area contributed by atoms with E-state index in [0.717, 1.165) is 56.3 Å². The normalized spacial score (nSPS) is 12.1. The Hall–Kier alpha value is -6.34. The van der Waals surface area contributed by atoms with Gasteiger partial charge in [0.2, 0.25) is 10.0 Å². The Balaban J connectivity index is 0.000000211. The molecular formula is C65H73Cl2IN6O6S. The topological polar surface area (TPSA) is 169 Å². The first-order valence-electron chi connectivity index (χ1n) is 27.2. The maximum atomic E-state index is 11.7. The van der Waals surface area contributed by atoms with E-state index in [2.05, 4.69) is 116 Å². The summed E-state index contributed by atoms with van der Waals surface area (Å²) in [6, 6.07) is 59.1. The van der Waals surface area contributed by atoms with Gasteiger partial charge in [-0.1, -0.05) is 182 Å². The van der Waals surface area contributed by atoms with Gasteiger partial charge in [-0.2, -0.15) is 0 Å². The van der Waals surface area contributed by atoms with Gasteiger partial charge in [0.25, 0.3) is 0 Å². The quantitative estimate of drug-likeness (QED) is 0.0233.